The number of halogens is 6. The molecule has 0 spiro atoms. The van der Waals surface area contributed by atoms with E-state index < -0.39 is 35.0 Å². The van der Waals surface area contributed by atoms with Crippen LogP contribution < -0.4 is 0 Å². The van der Waals surface area contributed by atoms with Crippen molar-refractivity contribution in [3.63, 3.8) is 0 Å². The van der Waals surface area contributed by atoms with Gasteiger partial charge in [-0.3, -0.25) is 0 Å². The lowest BCUT2D eigenvalue weighted by Gasteiger charge is -2.39. The van der Waals surface area contributed by atoms with E-state index in [-0.39, 0.29) is 0 Å². The zero-order chi connectivity index (χ0) is 12.5. The van der Waals surface area contributed by atoms with E-state index in [2.05, 4.69) is 4.94 Å². The van der Waals surface area contributed by atoms with E-state index in [4.69, 9.17) is 4.55 Å². The molecule has 1 atom stereocenters. The Hall–Kier alpha value is -0.150. The second-order valence-corrected chi connectivity index (χ2v) is 3.96. The highest BCUT2D eigenvalue weighted by Gasteiger charge is 2.68. The summed E-state index contributed by atoms with van der Waals surface area (Å²) in [5.41, 5.74) is -3.26. The van der Waals surface area contributed by atoms with E-state index in [0.717, 1.165) is 0 Å². The predicted octanol–water partition coefficient (Wildman–Crippen LogP) is 3.64. The highest BCUT2D eigenvalue weighted by atomic mass is 32.2. The first-order chi connectivity index (χ1) is 6.56. The van der Waals surface area contributed by atoms with Gasteiger partial charge in [-0.2, -0.15) is 13.2 Å². The van der Waals surface area contributed by atoms with E-state index in [0.29, 0.717) is 13.8 Å². The minimum absolute atomic E-state index is 0.308. The average molecular weight is 258 g/mol. The molecule has 15 heavy (non-hydrogen) atoms. The summed E-state index contributed by atoms with van der Waals surface area (Å²) in [6.45, 7) is 0.615. The van der Waals surface area contributed by atoms with Crippen molar-refractivity contribution in [3.8, 4) is 0 Å². The van der Waals surface area contributed by atoms with Crippen LogP contribution in [0.3, 0.4) is 0 Å². The second kappa shape index (κ2) is 4.38. The standard InChI is InChI=1S/C6H8F6O2S/c1-4(2,5(9,10)3(7)8)6(11,14-12)15-13/h3,13H,1-2H3. The molecule has 0 bridgehead atoms. The smallest absolute Gasteiger partial charge is 0.326 e. The van der Waals surface area contributed by atoms with Gasteiger partial charge in [0.2, 0.25) is 0 Å². The predicted molar refractivity (Wildman–Crippen MR) is 41.0 cm³/mol. The van der Waals surface area contributed by atoms with Crippen LogP contribution in [0.15, 0.2) is 0 Å². The van der Waals surface area contributed by atoms with Crippen LogP contribution in [0.2, 0.25) is 0 Å². The van der Waals surface area contributed by atoms with Crippen LogP contribution in [-0.2, 0) is 4.94 Å². The Bertz CT molecular complexity index is 211. The van der Waals surface area contributed by atoms with Gasteiger partial charge in [0.1, 0.15) is 5.41 Å². The lowest BCUT2D eigenvalue weighted by Crippen LogP contribution is -2.54. The molecule has 0 fully saturated rings. The maximum atomic E-state index is 13.2. The van der Waals surface area contributed by atoms with Gasteiger partial charge in [-0.25, -0.2) is 8.78 Å². The monoisotopic (exact) mass is 258 g/mol. The van der Waals surface area contributed by atoms with Crippen molar-refractivity contribution >= 4 is 12.0 Å². The summed E-state index contributed by atoms with van der Waals surface area (Å²) in [7, 11) is 0. The van der Waals surface area contributed by atoms with Crippen molar-refractivity contribution in [3.05, 3.63) is 0 Å². The van der Waals surface area contributed by atoms with E-state index in [1.165, 1.54) is 0 Å². The molecule has 0 aromatic heterocycles. The Kier molecular flexibility index (Phi) is 4.34. The van der Waals surface area contributed by atoms with Crippen LogP contribution in [0.5, 0.6) is 0 Å². The molecule has 2 nitrogen and oxygen atoms in total. The summed E-state index contributed by atoms with van der Waals surface area (Å²) in [5, 5.41) is -3.98. The molecular formula is C6H8F6O2S. The molecular weight excluding hydrogens is 250 g/mol. The van der Waals surface area contributed by atoms with Gasteiger partial charge < -0.3 is 4.55 Å². The number of hydrogen-bond donors (Lipinski definition) is 1. The molecule has 92 valence electrons. The largest absolute Gasteiger partial charge is 0.326 e. The van der Waals surface area contributed by atoms with Gasteiger partial charge in [0, 0.05) is 0 Å². The summed E-state index contributed by atoms with van der Waals surface area (Å²) >= 11 is -1.05. The van der Waals surface area contributed by atoms with E-state index in [9.17, 15) is 26.5 Å². The molecule has 0 heterocycles. The highest BCUT2D eigenvalue weighted by Crippen LogP contribution is 2.54. The van der Waals surface area contributed by atoms with Crippen LogP contribution in [0, 0.1) is 5.41 Å². The normalized spacial score (nSPS) is 18.0. The van der Waals surface area contributed by atoms with Crippen molar-refractivity contribution in [1.82, 2.24) is 0 Å². The summed E-state index contributed by atoms with van der Waals surface area (Å²) < 4.78 is 82.7. The van der Waals surface area contributed by atoms with Crippen LogP contribution in [-0.4, -0.2) is 22.1 Å². The minimum Gasteiger partial charge on any atom is -0.326 e. The number of rotatable bonds is 5. The van der Waals surface area contributed by atoms with Crippen LogP contribution in [0.25, 0.3) is 0 Å². The fraction of sp³-hybridized carbons (Fsp3) is 1.00. The van der Waals surface area contributed by atoms with Gasteiger partial charge in [-0.05, 0) is 18.4 Å². The summed E-state index contributed by atoms with van der Waals surface area (Å²) in [4.78, 5) is 2.52. The van der Waals surface area contributed by atoms with Crippen molar-refractivity contribution < 1.29 is 36.0 Å². The maximum Gasteiger partial charge on any atom is 0.326 e. The zero-order valence-electron chi connectivity index (χ0n) is 7.61. The Balaban J connectivity index is 5.28. The molecule has 0 saturated heterocycles. The van der Waals surface area contributed by atoms with E-state index in [1.807, 2.05) is 0 Å². The highest BCUT2D eigenvalue weighted by molar-refractivity contribution is 7.94. The quantitative estimate of drug-likeness (QED) is 0.463. The summed E-state index contributed by atoms with van der Waals surface area (Å²) in [6, 6.07) is 0. The van der Waals surface area contributed by atoms with Crippen LogP contribution in [0.1, 0.15) is 13.8 Å². The molecule has 0 aromatic carbocycles. The lowest BCUT2D eigenvalue weighted by atomic mass is 9.85. The first-order valence-electron chi connectivity index (χ1n) is 3.54. The van der Waals surface area contributed by atoms with Crippen molar-refractivity contribution in [2.75, 3.05) is 0 Å². The zero-order valence-corrected chi connectivity index (χ0v) is 8.43. The van der Waals surface area contributed by atoms with Crippen molar-refractivity contribution in [1.29, 1.82) is 0 Å². The van der Waals surface area contributed by atoms with Crippen LogP contribution >= 0.6 is 12.0 Å². The van der Waals surface area contributed by atoms with E-state index >= 15 is 0 Å². The third kappa shape index (κ3) is 2.18. The molecule has 0 aliphatic rings. The molecule has 0 radical (unpaired) electrons. The fourth-order valence-electron chi connectivity index (χ4n) is 0.696. The second-order valence-electron chi connectivity index (χ2n) is 3.25. The fourth-order valence-corrected chi connectivity index (χ4v) is 1.09. The van der Waals surface area contributed by atoms with E-state index in [1.54, 1.807) is 0 Å². The number of alkyl halides is 5. The molecule has 0 aromatic rings. The first-order valence-corrected chi connectivity index (χ1v) is 4.31. The van der Waals surface area contributed by atoms with Gasteiger partial charge >= 0.3 is 17.5 Å². The lowest BCUT2D eigenvalue weighted by molar-refractivity contribution is -0.337. The van der Waals surface area contributed by atoms with Gasteiger partial charge in [-0.15, -0.1) is 4.94 Å². The van der Waals surface area contributed by atoms with Crippen molar-refractivity contribution in [2.45, 2.75) is 31.4 Å². The maximum absolute atomic E-state index is 13.2. The average Bonchev–Trinajstić information content (AvgIpc) is 2.15. The third-order valence-corrected chi connectivity index (χ3v) is 2.88. The Labute approximate surface area is 85.7 Å². The Morgan fingerprint density at radius 3 is 1.80 bits per heavy atom. The van der Waals surface area contributed by atoms with Crippen molar-refractivity contribution in [2.24, 2.45) is 5.41 Å². The molecule has 9 heteroatoms. The van der Waals surface area contributed by atoms with Gasteiger partial charge in [0.05, 0.1) is 12.0 Å². The van der Waals surface area contributed by atoms with Gasteiger partial charge in [0.25, 0.3) is 0 Å². The van der Waals surface area contributed by atoms with Gasteiger partial charge in [-0.1, -0.05) is 0 Å². The summed E-state index contributed by atoms with van der Waals surface area (Å²) in [6.07, 6.45) is -4.22. The topological polar surface area (TPSA) is 29.5 Å². The molecule has 0 rings (SSSR count). The SMILES string of the molecule is CC(C)(C(F)(OF)SO)C(F)(F)C(F)F. The Morgan fingerprint density at radius 1 is 1.20 bits per heavy atom. The molecule has 0 aliphatic carbocycles. The molecule has 1 N–H and O–H groups in total. The van der Waals surface area contributed by atoms with Gasteiger partial charge in [0.15, 0.2) is 0 Å². The molecule has 0 amide bonds. The Morgan fingerprint density at radius 2 is 1.60 bits per heavy atom. The first kappa shape index (κ1) is 14.8. The minimum atomic E-state index is -4.87. The number of hydrogen-bond acceptors (Lipinski definition) is 3. The molecule has 0 aliphatic heterocycles. The third-order valence-electron chi connectivity index (χ3n) is 2.07. The summed E-state index contributed by atoms with van der Waals surface area (Å²) in [5.74, 6) is -4.87. The molecule has 0 saturated carbocycles. The molecule has 1 unspecified atom stereocenters. The van der Waals surface area contributed by atoms with Crippen LogP contribution in [0.4, 0.5) is 26.5 Å².